The Morgan fingerprint density at radius 3 is 1.09 bits per heavy atom. The number of carbonyl (C=O) groups is 6. The van der Waals surface area contributed by atoms with Crippen molar-refractivity contribution in [1.82, 2.24) is 30.2 Å². The lowest BCUT2D eigenvalue weighted by Crippen LogP contribution is -2.38. The van der Waals surface area contributed by atoms with Crippen LogP contribution in [0, 0.1) is 11.6 Å². The molecule has 0 aliphatic carbocycles. The van der Waals surface area contributed by atoms with E-state index < -0.39 is 11.8 Å². The van der Waals surface area contributed by atoms with E-state index in [9.17, 15) is 37.5 Å². The summed E-state index contributed by atoms with van der Waals surface area (Å²) in [5.41, 5.74) is 5.70. The third-order valence-corrected chi connectivity index (χ3v) is 13.4. The van der Waals surface area contributed by atoms with Crippen LogP contribution >= 0.6 is 0 Å². The van der Waals surface area contributed by atoms with Crippen molar-refractivity contribution in [2.24, 2.45) is 0 Å². The van der Waals surface area contributed by atoms with Crippen LogP contribution in [0.4, 0.5) is 8.78 Å². The molecule has 2 heterocycles. The maximum Gasteiger partial charge on any atom is 0.254 e. The maximum absolute atomic E-state index is 14.1. The molecule has 16 nitrogen and oxygen atoms in total. The number of hydrogen-bond donors (Lipinski definition) is 2. The van der Waals surface area contributed by atoms with Gasteiger partial charge in [0.1, 0.15) is 11.6 Å². The Kier molecular flexibility index (Phi) is 22.0. The van der Waals surface area contributed by atoms with Gasteiger partial charge in [-0.3, -0.25) is 28.8 Å². The smallest absolute Gasteiger partial charge is 0.254 e. The number of carbonyl (C=O) groups excluding carboxylic acids is 6. The van der Waals surface area contributed by atoms with Crippen molar-refractivity contribution >= 4 is 35.4 Å². The summed E-state index contributed by atoms with van der Waals surface area (Å²) in [6.45, 7) is 3.99. The zero-order valence-corrected chi connectivity index (χ0v) is 43.1. The second-order valence-corrected chi connectivity index (χ2v) is 18.6. The zero-order chi connectivity index (χ0) is 53.0. The fourth-order valence-electron chi connectivity index (χ4n) is 9.12. The number of rotatable bonds is 29. The van der Waals surface area contributed by atoms with E-state index in [1.807, 2.05) is 0 Å². The predicted octanol–water partition coefficient (Wildman–Crippen LogP) is 6.11. The van der Waals surface area contributed by atoms with Crippen LogP contribution in [0.3, 0.4) is 0 Å². The van der Waals surface area contributed by atoms with Gasteiger partial charge in [0.25, 0.3) is 23.6 Å². The predicted molar refractivity (Wildman–Crippen MR) is 273 cm³/mol. The molecule has 4 aromatic rings. The number of ether oxygens (including phenoxy) is 4. The summed E-state index contributed by atoms with van der Waals surface area (Å²) in [6.07, 6.45) is 4.21. The van der Waals surface area contributed by atoms with Gasteiger partial charge in [0, 0.05) is 107 Å². The lowest BCUT2D eigenvalue weighted by molar-refractivity contribution is -0.132. The van der Waals surface area contributed by atoms with Gasteiger partial charge in [0.2, 0.25) is 11.8 Å². The van der Waals surface area contributed by atoms with Crippen LogP contribution in [0.15, 0.2) is 72.8 Å². The third-order valence-electron chi connectivity index (χ3n) is 13.4. The molecule has 0 unspecified atom stereocenters. The molecule has 6 amide bonds. The minimum absolute atomic E-state index is 0.0496. The van der Waals surface area contributed by atoms with E-state index in [0.29, 0.717) is 64.7 Å². The van der Waals surface area contributed by atoms with E-state index >= 15 is 0 Å². The average molecular weight is 1030 g/mol. The summed E-state index contributed by atoms with van der Waals surface area (Å²) in [4.78, 5) is 89.5. The second kappa shape index (κ2) is 28.7. The SMILES string of the molecule is COCCN(CCOC)C(=O)c1cc2c(cc1C(=O)NCCc1ccc(F)cc1)CN(C(=O)CCCCCCC(=O)N1Cc3cc(C(=O)NCCc4ccc(F)cc4)c(C(=O)N(CCOC)CCOC)cc3C1)C2. The number of unbranched alkanes of at least 4 members (excludes halogenated alkanes) is 3. The normalized spacial score (nSPS) is 12.6. The van der Waals surface area contributed by atoms with Gasteiger partial charge in [-0.2, -0.15) is 0 Å². The number of amides is 6. The van der Waals surface area contributed by atoms with Gasteiger partial charge < -0.3 is 49.2 Å². The molecule has 18 heteroatoms. The highest BCUT2D eigenvalue weighted by atomic mass is 19.1. The topological polar surface area (TPSA) is 176 Å². The third kappa shape index (κ3) is 16.0. The zero-order valence-electron chi connectivity index (χ0n) is 43.1. The monoisotopic (exact) mass is 1020 g/mol. The number of nitrogens with zero attached hydrogens (tertiary/aromatic N) is 4. The summed E-state index contributed by atoms with van der Waals surface area (Å²) < 4.78 is 48.0. The summed E-state index contributed by atoms with van der Waals surface area (Å²) in [5.74, 6) is -2.36. The van der Waals surface area contributed by atoms with Gasteiger partial charge in [-0.15, -0.1) is 0 Å². The molecule has 4 aromatic carbocycles. The first-order valence-corrected chi connectivity index (χ1v) is 25.3. The first-order chi connectivity index (χ1) is 35.8. The van der Waals surface area contributed by atoms with Gasteiger partial charge in [-0.25, -0.2) is 8.78 Å². The fraction of sp³-hybridized carbons (Fsp3) is 0.464. The van der Waals surface area contributed by atoms with E-state index in [0.717, 1.165) is 46.2 Å². The average Bonchev–Trinajstić information content (AvgIpc) is 4.04. The number of nitrogens with one attached hydrogen (secondary N) is 2. The minimum atomic E-state index is -0.430. The minimum Gasteiger partial charge on any atom is -0.383 e. The Morgan fingerprint density at radius 1 is 0.473 bits per heavy atom. The molecular weight excluding hydrogens is 955 g/mol. The van der Waals surface area contributed by atoms with E-state index in [2.05, 4.69) is 10.6 Å². The van der Waals surface area contributed by atoms with Crippen molar-refractivity contribution in [1.29, 1.82) is 0 Å². The molecule has 0 atom stereocenters. The molecule has 0 bridgehead atoms. The first kappa shape index (κ1) is 56.7. The van der Waals surface area contributed by atoms with Crippen LogP contribution < -0.4 is 10.6 Å². The van der Waals surface area contributed by atoms with Crippen LogP contribution in [-0.4, -0.2) is 149 Å². The molecule has 2 N–H and O–H groups in total. The number of fused-ring (bicyclic) bond motifs is 2. The van der Waals surface area contributed by atoms with E-state index in [4.69, 9.17) is 18.9 Å². The summed E-state index contributed by atoms with van der Waals surface area (Å²) in [7, 11) is 6.19. The Labute approximate surface area is 432 Å². The highest BCUT2D eigenvalue weighted by molar-refractivity contribution is 6.08. The summed E-state index contributed by atoms with van der Waals surface area (Å²) >= 11 is 0. The van der Waals surface area contributed by atoms with Crippen molar-refractivity contribution in [2.45, 2.75) is 77.5 Å². The molecule has 398 valence electrons. The van der Waals surface area contributed by atoms with Gasteiger partial charge in [-0.05, 0) is 108 Å². The maximum atomic E-state index is 14.1. The summed E-state index contributed by atoms with van der Waals surface area (Å²) in [5, 5.41) is 5.84. The van der Waals surface area contributed by atoms with Gasteiger partial charge in [-0.1, -0.05) is 37.1 Å². The van der Waals surface area contributed by atoms with Gasteiger partial charge >= 0.3 is 0 Å². The fourth-order valence-corrected chi connectivity index (χ4v) is 9.12. The number of hydrogen-bond acceptors (Lipinski definition) is 10. The lowest BCUT2D eigenvalue weighted by Gasteiger charge is -2.23. The Hall–Kier alpha value is -6.60. The Morgan fingerprint density at radius 2 is 0.784 bits per heavy atom. The largest absolute Gasteiger partial charge is 0.383 e. The van der Waals surface area contributed by atoms with E-state index in [-0.39, 0.29) is 123 Å². The summed E-state index contributed by atoms with van der Waals surface area (Å²) in [6, 6.07) is 19.0. The van der Waals surface area contributed by atoms with Crippen molar-refractivity contribution in [3.05, 3.63) is 140 Å². The molecule has 0 fully saturated rings. The van der Waals surface area contributed by atoms with Crippen molar-refractivity contribution in [2.75, 3.05) is 94.1 Å². The van der Waals surface area contributed by atoms with Crippen LogP contribution in [0.5, 0.6) is 0 Å². The Balaban J connectivity index is 1.02. The molecule has 6 rings (SSSR count). The van der Waals surface area contributed by atoms with Crippen molar-refractivity contribution < 1.29 is 56.5 Å². The lowest BCUT2D eigenvalue weighted by atomic mass is 9.98. The molecule has 0 saturated heterocycles. The second-order valence-electron chi connectivity index (χ2n) is 18.6. The number of halogens is 2. The van der Waals surface area contributed by atoms with E-state index in [1.165, 1.54) is 24.3 Å². The van der Waals surface area contributed by atoms with Crippen molar-refractivity contribution in [3.63, 3.8) is 0 Å². The van der Waals surface area contributed by atoms with E-state index in [1.54, 1.807) is 96.6 Å². The van der Waals surface area contributed by atoms with Crippen LogP contribution in [0.2, 0.25) is 0 Å². The van der Waals surface area contributed by atoms with Crippen LogP contribution in [0.25, 0.3) is 0 Å². The molecule has 0 aromatic heterocycles. The van der Waals surface area contributed by atoms with Crippen LogP contribution in [0.1, 0.15) is 113 Å². The molecule has 0 radical (unpaired) electrons. The highest BCUT2D eigenvalue weighted by Gasteiger charge is 2.31. The standard InChI is InChI=1S/C56H70F2N6O10/c1-71-27-23-61(24-28-72-2)55(69)49-33-43-37-63(35-41(43)31-47(49)53(67)59-21-19-39-11-15-45(57)16-12-39)51(65)9-7-5-6-8-10-52(66)64-36-42-32-48(54(68)60-22-20-40-13-17-46(58)18-14-40)50(34-44(42)38-64)56(70)62(25-29-73-3)26-30-74-4/h11-18,31-34H,5-10,19-30,35-38H2,1-4H3,(H,59,67)(H,60,68). The Bertz CT molecular complexity index is 2370. The van der Waals surface area contributed by atoms with Crippen LogP contribution in [-0.2, 0) is 67.6 Å². The van der Waals surface area contributed by atoms with Gasteiger partial charge in [0.15, 0.2) is 0 Å². The van der Waals surface area contributed by atoms with Crippen molar-refractivity contribution in [3.8, 4) is 0 Å². The molecule has 2 aliphatic heterocycles. The quantitative estimate of drug-likeness (QED) is 0.0605. The number of methoxy groups -OCH3 is 4. The highest BCUT2D eigenvalue weighted by Crippen LogP contribution is 2.30. The van der Waals surface area contributed by atoms with Gasteiger partial charge in [0.05, 0.1) is 48.7 Å². The molecule has 0 saturated carbocycles. The molecule has 2 aliphatic rings. The first-order valence-electron chi connectivity index (χ1n) is 25.3. The molecule has 0 spiro atoms. The number of benzene rings is 4. The molecule has 74 heavy (non-hydrogen) atoms. The molecular formula is C56H70F2N6O10.